The van der Waals surface area contributed by atoms with Crippen molar-refractivity contribution >= 4 is 30.6 Å². The van der Waals surface area contributed by atoms with Gasteiger partial charge in [-0.1, -0.05) is 58.0 Å². The van der Waals surface area contributed by atoms with Crippen molar-refractivity contribution in [2.75, 3.05) is 32.1 Å². The summed E-state index contributed by atoms with van der Waals surface area (Å²) < 4.78 is 9.48. The topological polar surface area (TPSA) is 77.6 Å². The van der Waals surface area contributed by atoms with Crippen molar-refractivity contribution in [3.8, 4) is 0 Å². The first-order valence-electron chi connectivity index (χ1n) is 11.2. The first-order chi connectivity index (χ1) is 15.7. The predicted molar refractivity (Wildman–Crippen MR) is 136 cm³/mol. The van der Waals surface area contributed by atoms with Crippen LogP contribution in [0, 0.1) is 10.1 Å². The summed E-state index contributed by atoms with van der Waals surface area (Å²) in [5.41, 5.74) is 3.68. The molecule has 33 heavy (non-hydrogen) atoms. The molecule has 2 aromatic rings. The molecule has 0 aliphatic carbocycles. The molecule has 2 aliphatic heterocycles. The molecule has 0 radical (unpaired) electrons. The molecule has 174 valence electrons. The molecule has 0 amide bonds. The first-order valence-corrected chi connectivity index (χ1v) is 12.8. The van der Waals surface area contributed by atoms with Gasteiger partial charge in [0.25, 0.3) is 5.69 Å². The third-order valence-electron chi connectivity index (χ3n) is 6.63. The van der Waals surface area contributed by atoms with Crippen LogP contribution in [-0.2, 0) is 5.41 Å². The van der Waals surface area contributed by atoms with Crippen molar-refractivity contribution in [2.45, 2.75) is 33.1 Å². The zero-order chi connectivity index (χ0) is 24.0. The molecule has 0 saturated carbocycles. The Morgan fingerprint density at radius 3 is 2.36 bits per heavy atom. The van der Waals surface area contributed by atoms with Crippen molar-refractivity contribution < 1.29 is 4.92 Å². The minimum atomic E-state index is -2.64. The molecular weight excluding hydrogens is 435 g/mol. The second-order valence-corrected chi connectivity index (χ2v) is 11.7. The molecule has 0 fully saturated rings. The predicted octanol–water partition coefficient (Wildman–Crippen LogP) is 6.17. The van der Waals surface area contributed by atoms with Crippen molar-refractivity contribution in [1.82, 2.24) is 9.45 Å². The summed E-state index contributed by atoms with van der Waals surface area (Å²) >= 11 is 0. The maximum Gasteiger partial charge on any atom is 0.294 e. The maximum absolute atomic E-state index is 11.8. The zero-order valence-corrected chi connectivity index (χ0v) is 21.0. The Kier molecular flexibility index (Phi) is 5.93. The van der Waals surface area contributed by atoms with Crippen LogP contribution in [0.1, 0.15) is 33.3 Å². The normalized spacial score (nSPS) is 23.4. The van der Waals surface area contributed by atoms with E-state index in [1.807, 2.05) is 18.0 Å². The number of nitro benzene ring substituents is 1. The molecule has 8 nitrogen and oxygen atoms in total. The molecule has 0 unspecified atom stereocenters. The highest BCUT2D eigenvalue weighted by Crippen LogP contribution is 2.69. The lowest BCUT2D eigenvalue weighted by molar-refractivity contribution is -0.384. The molecule has 0 bridgehead atoms. The van der Waals surface area contributed by atoms with E-state index >= 15 is 0 Å². The average molecular weight is 467 g/mol. The van der Waals surface area contributed by atoms with Crippen molar-refractivity contribution in [3.05, 3.63) is 75.2 Å². The van der Waals surface area contributed by atoms with Crippen LogP contribution in [0.25, 0.3) is 0 Å². The van der Waals surface area contributed by atoms with Gasteiger partial charge in [-0.05, 0) is 17.7 Å². The number of para-hydroxylation sites is 2. The quantitative estimate of drug-likeness (QED) is 0.299. The van der Waals surface area contributed by atoms with Crippen LogP contribution >= 0.6 is 7.36 Å². The lowest BCUT2D eigenvalue weighted by Crippen LogP contribution is -2.30. The molecule has 0 N–H and O–H groups in total. The number of hydrogen-bond donors (Lipinski definition) is 0. The fourth-order valence-electron chi connectivity index (χ4n) is 5.09. The average Bonchev–Trinajstić information content (AvgIpc) is 3.20. The van der Waals surface area contributed by atoms with E-state index in [9.17, 15) is 10.1 Å². The third kappa shape index (κ3) is 3.40. The van der Waals surface area contributed by atoms with Gasteiger partial charge in [0.2, 0.25) is 0 Å². The van der Waals surface area contributed by atoms with Crippen LogP contribution in [0.2, 0.25) is 0 Å². The van der Waals surface area contributed by atoms with E-state index < -0.39 is 7.36 Å². The van der Waals surface area contributed by atoms with Crippen molar-refractivity contribution in [1.29, 1.82) is 0 Å². The number of fused-ring (bicyclic) bond motifs is 1. The zero-order valence-electron chi connectivity index (χ0n) is 20.1. The lowest BCUT2D eigenvalue weighted by atomic mass is 9.84. The number of nitro groups is 1. The number of nitrogens with zero attached hydrogens (tertiary/aromatic N) is 6. The number of allylic oxidation sites excluding steroid dienone is 2. The van der Waals surface area contributed by atoms with Gasteiger partial charge in [-0.2, -0.15) is 5.10 Å². The van der Waals surface area contributed by atoms with E-state index in [0.717, 1.165) is 29.8 Å². The van der Waals surface area contributed by atoms with Gasteiger partial charge in [0, 0.05) is 50.1 Å². The Labute approximate surface area is 195 Å². The summed E-state index contributed by atoms with van der Waals surface area (Å²) in [6.45, 7) is 10.2. The Morgan fingerprint density at radius 2 is 1.73 bits per heavy atom. The first kappa shape index (κ1) is 23.2. The van der Waals surface area contributed by atoms with E-state index in [0.29, 0.717) is 5.69 Å². The Morgan fingerprint density at radius 1 is 1.09 bits per heavy atom. The van der Waals surface area contributed by atoms with Gasteiger partial charge in [-0.15, -0.1) is 0 Å². The monoisotopic (exact) mass is 466 g/mol. The fourth-order valence-corrected chi connectivity index (χ4v) is 8.81. The van der Waals surface area contributed by atoms with Gasteiger partial charge < -0.3 is 4.90 Å². The number of hydrazone groups is 1. The number of hydrogen-bond acceptors (Lipinski definition) is 5. The Balaban J connectivity index is 2.10. The van der Waals surface area contributed by atoms with Gasteiger partial charge in [0.05, 0.1) is 16.5 Å². The highest BCUT2D eigenvalue weighted by atomic mass is 31.2. The van der Waals surface area contributed by atoms with Crippen LogP contribution in [-0.4, -0.2) is 47.8 Å². The number of rotatable bonds is 5. The summed E-state index contributed by atoms with van der Waals surface area (Å²) in [5.74, 6) is 0. The molecule has 0 spiro atoms. The van der Waals surface area contributed by atoms with Crippen molar-refractivity contribution in [3.63, 3.8) is 0 Å². The minimum absolute atomic E-state index is 0.0102. The number of anilines is 1. The van der Waals surface area contributed by atoms with Crippen LogP contribution in [0.3, 0.4) is 0 Å². The largest absolute Gasteiger partial charge is 0.346 e. The second kappa shape index (κ2) is 8.43. The SMILES string of the molecule is CCN(CC)[P@]1(=Nc2ccccc2[N+](=O)[O-])/C(=C2/N(C)c3ccccc3C2(C)C)C=NN1C. The molecule has 0 saturated heterocycles. The standard InChI is InChI=1S/C24H31N6O2P/c1-7-29(8-2)33(26-19-14-10-12-16-21(19)30(31)32)22(17-25-28(33)6)23-24(3,4)18-13-9-11-15-20(18)27(23)5/h9-17H,7-8H2,1-6H3/b23-22+/t33-/m0/s1. The molecule has 2 aliphatic rings. The molecule has 2 heterocycles. The molecule has 1 atom stereocenters. The number of benzene rings is 2. The van der Waals surface area contributed by atoms with Crippen molar-refractivity contribution in [2.24, 2.45) is 9.85 Å². The van der Waals surface area contributed by atoms with E-state index in [1.165, 1.54) is 11.6 Å². The summed E-state index contributed by atoms with van der Waals surface area (Å²) in [4.78, 5) is 13.7. The molecule has 2 aromatic carbocycles. The van der Waals surface area contributed by atoms with Gasteiger partial charge in [0.1, 0.15) is 5.69 Å². The Bertz CT molecular complexity index is 1210. The highest BCUT2D eigenvalue weighted by Gasteiger charge is 2.48. The maximum atomic E-state index is 11.8. The Hall–Kier alpha value is -2.96. The van der Waals surface area contributed by atoms with Crippen LogP contribution in [0.4, 0.5) is 17.1 Å². The lowest BCUT2D eigenvalue weighted by Gasteiger charge is -2.39. The van der Waals surface area contributed by atoms with Crippen LogP contribution in [0.5, 0.6) is 0 Å². The molecule has 9 heteroatoms. The summed E-state index contributed by atoms with van der Waals surface area (Å²) in [6.07, 6.45) is 1.92. The third-order valence-corrected chi connectivity index (χ3v) is 10.4. The minimum Gasteiger partial charge on any atom is -0.346 e. The van der Waals surface area contributed by atoms with E-state index in [1.54, 1.807) is 18.2 Å². The van der Waals surface area contributed by atoms with Crippen LogP contribution < -0.4 is 4.90 Å². The van der Waals surface area contributed by atoms with Gasteiger partial charge in [-0.25, -0.2) is 14.2 Å². The molecule has 4 rings (SSSR count). The van der Waals surface area contributed by atoms with E-state index in [2.05, 4.69) is 68.6 Å². The fraction of sp³-hybridized carbons (Fsp3) is 0.375. The van der Waals surface area contributed by atoms with Gasteiger partial charge in [-0.3, -0.25) is 10.1 Å². The van der Waals surface area contributed by atoms with Gasteiger partial charge in [0.15, 0.2) is 7.36 Å². The second-order valence-electron chi connectivity index (χ2n) is 8.72. The molecular formula is C24H31N6O2P. The number of likely N-dealkylation sites (N-methyl/N-ethyl adjacent to an activating group) is 1. The summed E-state index contributed by atoms with van der Waals surface area (Å²) in [7, 11) is 1.38. The summed E-state index contributed by atoms with van der Waals surface area (Å²) in [6, 6.07) is 15.2. The van der Waals surface area contributed by atoms with E-state index in [4.69, 9.17) is 9.85 Å². The highest BCUT2D eigenvalue weighted by molar-refractivity contribution is 7.67. The van der Waals surface area contributed by atoms with Crippen LogP contribution in [0.15, 0.2) is 69.4 Å². The summed E-state index contributed by atoms with van der Waals surface area (Å²) in [5, 5.41) is 17.6. The molecule has 0 aromatic heterocycles. The smallest absolute Gasteiger partial charge is 0.294 e. The van der Waals surface area contributed by atoms with E-state index in [-0.39, 0.29) is 16.0 Å². The van der Waals surface area contributed by atoms with Gasteiger partial charge >= 0.3 is 0 Å².